The van der Waals surface area contributed by atoms with Crippen LogP contribution in [0.25, 0.3) is 0 Å². The van der Waals surface area contributed by atoms with Gasteiger partial charge in [-0.25, -0.2) is 0 Å². The second-order valence-corrected chi connectivity index (χ2v) is 5.60. The van der Waals surface area contributed by atoms with E-state index < -0.39 is 16.3 Å². The van der Waals surface area contributed by atoms with Crippen molar-refractivity contribution >= 4 is 5.78 Å². The van der Waals surface area contributed by atoms with Crippen LogP contribution in [0.4, 0.5) is 0 Å². The molecule has 1 aromatic carbocycles. The minimum absolute atomic E-state index is 0.247. The monoisotopic (exact) mass is 286 g/mol. The highest BCUT2D eigenvalue weighted by Gasteiger charge is 2.52. The zero-order valence-electron chi connectivity index (χ0n) is 12.0. The molecule has 0 spiro atoms. The number of hydrogen-bond donors (Lipinski definition) is 0. The van der Waals surface area contributed by atoms with Gasteiger partial charge in [0.15, 0.2) is 5.78 Å². The van der Waals surface area contributed by atoms with Gasteiger partial charge in [-0.05, 0) is 18.4 Å². The lowest BCUT2D eigenvalue weighted by Crippen LogP contribution is -2.39. The lowest BCUT2D eigenvalue weighted by atomic mass is 9.71. The lowest BCUT2D eigenvalue weighted by molar-refractivity contribution is -0.490. The van der Waals surface area contributed by atoms with Gasteiger partial charge in [0, 0.05) is 10.5 Å². The predicted octanol–water partition coefficient (Wildman–Crippen LogP) is 3.02. The number of carbonyl (C=O) groups excluding carboxylic acids is 1. The number of nitrogens with zero attached hydrogens (tertiary/aromatic N) is 2. The Bertz CT molecular complexity index is 606. The normalized spacial score (nSPS) is 21.6. The summed E-state index contributed by atoms with van der Waals surface area (Å²) in [7, 11) is 0. The van der Waals surface area contributed by atoms with Gasteiger partial charge in [-0.1, -0.05) is 44.0 Å². The molecule has 0 radical (unpaired) electrons. The summed E-state index contributed by atoms with van der Waals surface area (Å²) in [5, 5.41) is 20.6. The highest BCUT2D eigenvalue weighted by atomic mass is 16.6. The second kappa shape index (κ2) is 6.04. The van der Waals surface area contributed by atoms with Crippen molar-refractivity contribution in [3.05, 3.63) is 45.5 Å². The number of benzene rings is 1. The van der Waals surface area contributed by atoms with Crippen LogP contribution in [0.15, 0.2) is 24.3 Å². The number of hydrogen-bond acceptors (Lipinski definition) is 4. The van der Waals surface area contributed by atoms with Gasteiger partial charge in [-0.3, -0.25) is 14.9 Å². The summed E-state index contributed by atoms with van der Waals surface area (Å²) in [5.41, 5.74) is 0.101. The maximum atomic E-state index is 12.7. The van der Waals surface area contributed by atoms with Crippen LogP contribution >= 0.6 is 0 Å². The Morgan fingerprint density at radius 1 is 1.48 bits per heavy atom. The summed E-state index contributed by atoms with van der Waals surface area (Å²) >= 11 is 0. The van der Waals surface area contributed by atoms with Crippen LogP contribution in [-0.4, -0.2) is 17.3 Å². The molecule has 2 atom stereocenters. The highest BCUT2D eigenvalue weighted by Crippen LogP contribution is 2.44. The third-order valence-corrected chi connectivity index (χ3v) is 4.31. The van der Waals surface area contributed by atoms with E-state index in [1.807, 2.05) is 19.1 Å². The zero-order chi connectivity index (χ0) is 15.5. The number of ketones is 1. The van der Waals surface area contributed by atoms with Crippen LogP contribution < -0.4 is 0 Å². The van der Waals surface area contributed by atoms with Crippen molar-refractivity contribution in [3.63, 3.8) is 0 Å². The van der Waals surface area contributed by atoms with Crippen molar-refractivity contribution < 1.29 is 9.72 Å². The fraction of sp³-hybridized carbons (Fsp3) is 0.500. The molecule has 5 heteroatoms. The molecule has 2 rings (SSSR count). The highest BCUT2D eigenvalue weighted by molar-refractivity contribution is 6.06. The molecule has 0 amide bonds. The number of nitro groups is 1. The fourth-order valence-corrected chi connectivity index (χ4v) is 3.15. The molecule has 5 nitrogen and oxygen atoms in total. The fourth-order valence-electron chi connectivity index (χ4n) is 3.15. The van der Waals surface area contributed by atoms with Crippen LogP contribution in [-0.2, 0) is 6.42 Å². The molecule has 0 N–H and O–H groups in total. The van der Waals surface area contributed by atoms with Gasteiger partial charge in [0.25, 0.3) is 0 Å². The number of rotatable bonds is 6. The lowest BCUT2D eigenvalue weighted by Gasteiger charge is -2.27. The average Bonchev–Trinajstić information content (AvgIpc) is 2.77. The van der Waals surface area contributed by atoms with E-state index in [-0.39, 0.29) is 12.3 Å². The number of Topliss-reactive ketones (excluding diaryl/α,β-unsaturated/α-hetero) is 1. The van der Waals surface area contributed by atoms with E-state index in [1.165, 1.54) is 0 Å². The van der Waals surface area contributed by atoms with Gasteiger partial charge in [-0.2, -0.15) is 5.26 Å². The quantitative estimate of drug-likeness (QED) is 0.594. The topological polar surface area (TPSA) is 84.0 Å². The third-order valence-electron chi connectivity index (χ3n) is 4.31. The molecule has 0 aromatic heterocycles. The smallest absolute Gasteiger partial charge is 0.208 e. The molecule has 0 heterocycles. The number of nitriles is 1. The number of unbranched alkanes of at least 4 members (excludes halogenated alkanes) is 1. The molecule has 110 valence electrons. The Balaban J connectivity index is 2.39. The van der Waals surface area contributed by atoms with Crippen molar-refractivity contribution in [2.24, 2.45) is 11.3 Å². The van der Waals surface area contributed by atoms with E-state index in [9.17, 15) is 20.2 Å². The average molecular weight is 286 g/mol. The van der Waals surface area contributed by atoms with Gasteiger partial charge < -0.3 is 0 Å². The van der Waals surface area contributed by atoms with Gasteiger partial charge >= 0.3 is 0 Å². The summed E-state index contributed by atoms with van der Waals surface area (Å²) in [6, 6.07) is 9.26. The van der Waals surface area contributed by atoms with E-state index in [0.29, 0.717) is 18.4 Å². The SMILES string of the molecule is CCCC[C@H](C[N+](=O)[O-])[C@@]1(C#N)Cc2ccccc2C1=O. The third kappa shape index (κ3) is 2.66. The van der Waals surface area contributed by atoms with Gasteiger partial charge in [0.2, 0.25) is 6.54 Å². The Morgan fingerprint density at radius 2 is 2.19 bits per heavy atom. The molecular formula is C16H18N2O3. The first-order valence-electron chi connectivity index (χ1n) is 7.21. The summed E-state index contributed by atoms with van der Waals surface area (Å²) in [5.74, 6) is -0.777. The molecule has 1 aromatic rings. The molecule has 1 aliphatic rings. The molecule has 0 aliphatic heterocycles. The molecule has 0 fully saturated rings. The van der Waals surface area contributed by atoms with Crippen LogP contribution in [0.5, 0.6) is 0 Å². The van der Waals surface area contributed by atoms with Crippen molar-refractivity contribution in [1.29, 1.82) is 5.26 Å². The number of carbonyl (C=O) groups is 1. The van der Waals surface area contributed by atoms with Crippen LogP contribution in [0.1, 0.15) is 42.1 Å². The molecular weight excluding hydrogens is 268 g/mol. The molecule has 0 saturated carbocycles. The van der Waals surface area contributed by atoms with Crippen LogP contribution in [0, 0.1) is 32.8 Å². The summed E-state index contributed by atoms with van der Waals surface area (Å²) in [6.07, 6.45) is 2.49. The van der Waals surface area contributed by atoms with Crippen molar-refractivity contribution in [1.82, 2.24) is 0 Å². The van der Waals surface area contributed by atoms with Crippen molar-refractivity contribution in [2.75, 3.05) is 6.54 Å². The first kappa shape index (κ1) is 15.2. The molecule has 0 unspecified atom stereocenters. The molecule has 0 bridgehead atoms. The summed E-state index contributed by atoms with van der Waals surface area (Å²) in [4.78, 5) is 23.2. The van der Waals surface area contributed by atoms with Gasteiger partial charge in [0.05, 0.1) is 12.0 Å². The van der Waals surface area contributed by atoms with Crippen LogP contribution in [0.3, 0.4) is 0 Å². The Kier molecular flexibility index (Phi) is 4.37. The van der Waals surface area contributed by atoms with E-state index in [0.717, 1.165) is 18.4 Å². The van der Waals surface area contributed by atoms with Crippen molar-refractivity contribution in [3.8, 4) is 6.07 Å². The Hall–Kier alpha value is -2.22. The van der Waals surface area contributed by atoms with Crippen molar-refractivity contribution in [2.45, 2.75) is 32.6 Å². The Labute approximate surface area is 123 Å². The minimum atomic E-state index is -1.27. The summed E-state index contributed by atoms with van der Waals surface area (Å²) in [6.45, 7) is 1.67. The number of fused-ring (bicyclic) bond motifs is 1. The zero-order valence-corrected chi connectivity index (χ0v) is 12.0. The maximum absolute atomic E-state index is 12.7. The van der Waals surface area contributed by atoms with Gasteiger partial charge in [0.1, 0.15) is 5.41 Å². The first-order chi connectivity index (χ1) is 10.0. The van der Waals surface area contributed by atoms with E-state index in [1.54, 1.807) is 12.1 Å². The molecule has 1 aliphatic carbocycles. The minimum Gasteiger partial charge on any atom is -0.292 e. The van der Waals surface area contributed by atoms with Crippen LogP contribution in [0.2, 0.25) is 0 Å². The molecule has 21 heavy (non-hydrogen) atoms. The van der Waals surface area contributed by atoms with E-state index >= 15 is 0 Å². The summed E-state index contributed by atoms with van der Waals surface area (Å²) < 4.78 is 0. The Morgan fingerprint density at radius 3 is 2.76 bits per heavy atom. The van der Waals surface area contributed by atoms with Gasteiger partial charge in [-0.15, -0.1) is 0 Å². The largest absolute Gasteiger partial charge is 0.292 e. The first-order valence-corrected chi connectivity index (χ1v) is 7.21. The maximum Gasteiger partial charge on any atom is 0.208 e. The standard InChI is InChI=1S/C16H18N2O3/c1-2-3-7-13(10-18(20)21)16(11-17)9-12-6-4-5-8-14(12)15(16)19/h4-6,8,13H,2-3,7,9-10H2,1H3/t13-,16+/m1/s1. The molecule has 0 saturated heterocycles. The predicted molar refractivity (Wildman–Crippen MR) is 77.4 cm³/mol. The van der Waals surface area contributed by atoms with E-state index in [2.05, 4.69) is 6.07 Å². The van der Waals surface area contributed by atoms with E-state index in [4.69, 9.17) is 0 Å². The second-order valence-electron chi connectivity index (χ2n) is 5.60.